The number of carbonyl (C=O) groups is 3. The molecule has 0 fully saturated rings. The summed E-state index contributed by atoms with van der Waals surface area (Å²) in [5.74, 6) is -3.38. The van der Waals surface area contributed by atoms with E-state index in [1.165, 1.54) is 20.1 Å². The van der Waals surface area contributed by atoms with Crippen LogP contribution in [-0.2, 0) is 33.9 Å². The highest BCUT2D eigenvalue weighted by Gasteiger charge is 2.44. The first-order valence-electron chi connectivity index (χ1n) is 11.6. The van der Waals surface area contributed by atoms with Crippen molar-refractivity contribution in [1.82, 2.24) is 10.2 Å². The zero-order valence-electron chi connectivity index (χ0n) is 21.9. The van der Waals surface area contributed by atoms with Crippen LogP contribution in [0.15, 0.2) is 8.74 Å². The average Bonchev–Trinajstić information content (AvgIpc) is 3.29. The van der Waals surface area contributed by atoms with Crippen LogP contribution in [0.5, 0.6) is 0 Å². The van der Waals surface area contributed by atoms with Crippen LogP contribution >= 0.6 is 11.3 Å². The first kappa shape index (κ1) is 31.6. The van der Waals surface area contributed by atoms with E-state index in [0.29, 0.717) is 30.6 Å². The van der Waals surface area contributed by atoms with Gasteiger partial charge in [-0.2, -0.15) is 12.8 Å². The summed E-state index contributed by atoms with van der Waals surface area (Å²) in [7, 11) is -4.20. The molecule has 0 bridgehead atoms. The molecular weight excluding hydrogens is 512 g/mol. The van der Waals surface area contributed by atoms with Gasteiger partial charge in [-0.1, -0.05) is 39.0 Å². The molecule has 14 heteroatoms. The second kappa shape index (κ2) is 12.7. The van der Waals surface area contributed by atoms with Gasteiger partial charge in [0.1, 0.15) is 17.3 Å². The maximum absolute atomic E-state index is 13.2. The molecule has 1 heterocycles. The highest BCUT2D eigenvalue weighted by atomic mass is 32.2. The van der Waals surface area contributed by atoms with Crippen molar-refractivity contribution in [2.24, 2.45) is 16.2 Å². The zero-order valence-corrected chi connectivity index (χ0v) is 23.5. The lowest BCUT2D eigenvalue weighted by Gasteiger charge is -2.39. The summed E-state index contributed by atoms with van der Waals surface area (Å²) in [6, 6.07) is 0. The van der Waals surface area contributed by atoms with Crippen molar-refractivity contribution >= 4 is 50.6 Å². The summed E-state index contributed by atoms with van der Waals surface area (Å²) in [5, 5.41) is 19.1. The van der Waals surface area contributed by atoms with Gasteiger partial charge in [-0.05, 0) is 40.0 Å². The molecule has 0 spiro atoms. The number of amides is 1. The van der Waals surface area contributed by atoms with Gasteiger partial charge in [0, 0.05) is 19.1 Å². The maximum atomic E-state index is 13.2. The molecule has 0 radical (unpaired) electrons. The Labute approximate surface area is 215 Å². The highest BCUT2D eigenvalue weighted by Crippen LogP contribution is 2.34. The average molecular weight is 549 g/mol. The number of hydrogen-bond donors (Lipinski definition) is 2. The predicted molar refractivity (Wildman–Crippen MR) is 134 cm³/mol. The van der Waals surface area contributed by atoms with Crippen LogP contribution in [0.4, 0.5) is 5.13 Å². The van der Waals surface area contributed by atoms with Crippen molar-refractivity contribution in [3.8, 4) is 0 Å². The molecule has 0 aliphatic carbocycles. The van der Waals surface area contributed by atoms with Gasteiger partial charge in [-0.25, -0.2) is 4.79 Å². The first-order valence-corrected chi connectivity index (χ1v) is 13.9. The molecular formula is C22H36N4O8S2. The summed E-state index contributed by atoms with van der Waals surface area (Å²) in [5.41, 5.74) is -2.31. The summed E-state index contributed by atoms with van der Waals surface area (Å²) < 4.78 is 39.9. The highest BCUT2D eigenvalue weighted by molar-refractivity contribution is 7.92. The molecule has 1 amide bonds. The summed E-state index contributed by atoms with van der Waals surface area (Å²) in [6.07, 6.45) is 0.857. The number of esters is 2. The van der Waals surface area contributed by atoms with Gasteiger partial charge in [0.25, 0.3) is 4.34 Å². The van der Waals surface area contributed by atoms with Crippen molar-refractivity contribution in [3.05, 3.63) is 0 Å². The lowest BCUT2D eigenvalue weighted by molar-refractivity contribution is -0.188. The molecule has 204 valence electrons. The Balaban J connectivity index is 3.13. The van der Waals surface area contributed by atoms with Gasteiger partial charge in [-0.3, -0.25) is 9.59 Å². The van der Waals surface area contributed by atoms with Gasteiger partial charge in [0.2, 0.25) is 11.0 Å². The van der Waals surface area contributed by atoms with Crippen molar-refractivity contribution in [2.45, 2.75) is 96.3 Å². The Morgan fingerprint density at radius 2 is 1.67 bits per heavy atom. The van der Waals surface area contributed by atoms with E-state index in [4.69, 9.17) is 9.47 Å². The number of carbonyl (C=O) groups excluding carboxylic acids is 3. The number of aliphatic hydroxyl groups excluding tert-OH is 1. The predicted octanol–water partition coefficient (Wildman–Crippen LogP) is 2.72. The lowest BCUT2D eigenvalue weighted by atomic mass is 9.83. The fourth-order valence-electron chi connectivity index (χ4n) is 3.32. The smallest absolute Gasteiger partial charge is 0.335 e. The van der Waals surface area contributed by atoms with Crippen LogP contribution in [-0.4, -0.2) is 65.1 Å². The fraction of sp³-hybridized carbons (Fsp3) is 0.727. The van der Waals surface area contributed by atoms with Crippen LogP contribution in [0.3, 0.4) is 0 Å². The molecule has 0 aromatic carbocycles. The first-order chi connectivity index (χ1) is 16.6. The Morgan fingerprint density at radius 3 is 2.14 bits per heavy atom. The second-order valence-corrected chi connectivity index (χ2v) is 11.5. The molecule has 0 saturated carbocycles. The largest absolute Gasteiger partial charge is 0.458 e. The molecule has 12 nitrogen and oxygen atoms in total. The fourth-order valence-corrected chi connectivity index (χ4v) is 5.21. The molecule has 2 N–H and O–H groups in total. The Bertz CT molecular complexity index is 1070. The minimum Gasteiger partial charge on any atom is -0.458 e. The van der Waals surface area contributed by atoms with Crippen LogP contribution < -0.4 is 5.32 Å². The third kappa shape index (κ3) is 7.77. The number of aliphatic hydroxyl groups is 1. The summed E-state index contributed by atoms with van der Waals surface area (Å²) in [4.78, 5) is 36.3. The molecule has 0 aliphatic rings. The molecule has 0 aliphatic heterocycles. The maximum Gasteiger partial charge on any atom is 0.335 e. The number of sulfonamides is 1. The minimum absolute atomic E-state index is 0.0268. The van der Waals surface area contributed by atoms with Crippen molar-refractivity contribution in [2.75, 3.05) is 5.32 Å². The molecule has 1 rings (SSSR count). The normalized spacial score (nSPS) is 16.6. The van der Waals surface area contributed by atoms with Crippen molar-refractivity contribution < 1.29 is 37.4 Å². The van der Waals surface area contributed by atoms with E-state index in [2.05, 4.69) is 19.9 Å². The quantitative estimate of drug-likeness (QED) is 0.212. The summed E-state index contributed by atoms with van der Waals surface area (Å²) in [6.45, 7) is 12.7. The number of nitrogens with zero attached hydrogens (tertiary/aromatic N) is 3. The standard InChI is InChI=1S/C22H36N4O8S2/c1-9-21(8,33-18(30)15(6)27)14(5)17(29)34-22(10-2,11-3)13(4)12-23-36(31,32)20-26-25-19(35-20)24-16(7)28/h12-15,27H,9-11H2,1-8H3,(H,24,25,28)/b23-12+. The number of anilines is 1. The minimum atomic E-state index is -4.20. The van der Waals surface area contributed by atoms with Gasteiger partial charge >= 0.3 is 22.0 Å². The number of ether oxygens (including phenoxy) is 2. The van der Waals surface area contributed by atoms with Gasteiger partial charge in [-0.15, -0.1) is 10.2 Å². The topological polar surface area (TPSA) is 174 Å². The third-order valence-electron chi connectivity index (χ3n) is 6.31. The van der Waals surface area contributed by atoms with E-state index in [9.17, 15) is 27.9 Å². The summed E-state index contributed by atoms with van der Waals surface area (Å²) >= 11 is 0.665. The third-order valence-corrected chi connectivity index (χ3v) is 8.75. The van der Waals surface area contributed by atoms with Gasteiger partial charge < -0.3 is 19.9 Å². The number of rotatable bonds is 13. The Hall–Kier alpha value is -2.45. The Morgan fingerprint density at radius 1 is 1.08 bits per heavy atom. The monoisotopic (exact) mass is 548 g/mol. The van der Waals surface area contributed by atoms with E-state index in [1.807, 2.05) is 0 Å². The molecule has 1 aromatic rings. The van der Waals surface area contributed by atoms with Crippen molar-refractivity contribution in [3.63, 3.8) is 0 Å². The SMILES string of the molecule is CCC(C)(OC(=O)C(C)O)C(C)C(=O)OC(CC)(CC)C(C)/C=N/S(=O)(=O)c1nnc(NC(C)=O)s1. The number of aromatic nitrogens is 2. The number of nitrogens with one attached hydrogen (secondary N) is 1. The number of hydrogen-bond acceptors (Lipinski definition) is 11. The van der Waals surface area contributed by atoms with Crippen LogP contribution in [0.2, 0.25) is 0 Å². The van der Waals surface area contributed by atoms with Crippen LogP contribution in [0.1, 0.15) is 74.7 Å². The van der Waals surface area contributed by atoms with E-state index >= 15 is 0 Å². The lowest BCUT2D eigenvalue weighted by Crippen LogP contribution is -2.48. The van der Waals surface area contributed by atoms with Crippen LogP contribution in [0.25, 0.3) is 0 Å². The zero-order chi connectivity index (χ0) is 27.9. The second-order valence-electron chi connectivity index (χ2n) is 8.75. The van der Waals surface area contributed by atoms with Gasteiger partial charge in [0.15, 0.2) is 0 Å². The molecule has 1 aromatic heterocycles. The van der Waals surface area contributed by atoms with Crippen molar-refractivity contribution in [1.29, 1.82) is 0 Å². The van der Waals surface area contributed by atoms with Crippen LogP contribution in [0, 0.1) is 11.8 Å². The Kier molecular flexibility index (Phi) is 11.1. The van der Waals surface area contributed by atoms with E-state index < -0.39 is 61.4 Å². The van der Waals surface area contributed by atoms with E-state index in [1.54, 1.807) is 41.5 Å². The molecule has 36 heavy (non-hydrogen) atoms. The van der Waals surface area contributed by atoms with Gasteiger partial charge in [0.05, 0.1) is 5.92 Å². The molecule has 0 saturated heterocycles. The molecule has 4 unspecified atom stereocenters. The van der Waals surface area contributed by atoms with E-state index in [-0.39, 0.29) is 5.13 Å². The van der Waals surface area contributed by atoms with E-state index in [0.717, 1.165) is 0 Å². The molecule has 4 atom stereocenters.